The van der Waals surface area contributed by atoms with E-state index >= 15 is 0 Å². The SMILES string of the molecule is N#Cc1cccc(NS(=O)(=O)c2ccc(-c3ccccc3)cc2)c1. The van der Waals surface area contributed by atoms with Gasteiger partial charge in [-0.05, 0) is 41.5 Å². The van der Waals surface area contributed by atoms with Crippen LogP contribution in [0.25, 0.3) is 11.1 Å². The Kier molecular flexibility index (Phi) is 4.32. The first-order valence-electron chi connectivity index (χ1n) is 7.27. The molecule has 0 amide bonds. The molecular formula is C19H14N2O2S. The maximum absolute atomic E-state index is 12.5. The minimum Gasteiger partial charge on any atom is -0.280 e. The Bertz CT molecular complexity index is 990. The van der Waals surface area contributed by atoms with Gasteiger partial charge in [-0.25, -0.2) is 8.42 Å². The van der Waals surface area contributed by atoms with E-state index in [9.17, 15) is 8.42 Å². The van der Waals surface area contributed by atoms with E-state index in [0.717, 1.165) is 11.1 Å². The first-order chi connectivity index (χ1) is 11.6. The minimum atomic E-state index is -3.70. The van der Waals surface area contributed by atoms with Crippen molar-refractivity contribution in [2.24, 2.45) is 0 Å². The lowest BCUT2D eigenvalue weighted by Crippen LogP contribution is -2.12. The van der Waals surface area contributed by atoms with Crippen LogP contribution >= 0.6 is 0 Å². The van der Waals surface area contributed by atoms with Gasteiger partial charge in [0.05, 0.1) is 22.2 Å². The van der Waals surface area contributed by atoms with Crippen molar-refractivity contribution in [2.45, 2.75) is 4.90 Å². The van der Waals surface area contributed by atoms with Gasteiger partial charge in [0.15, 0.2) is 0 Å². The second kappa shape index (κ2) is 6.57. The second-order valence-electron chi connectivity index (χ2n) is 5.19. The van der Waals surface area contributed by atoms with Crippen molar-refractivity contribution in [2.75, 3.05) is 4.72 Å². The van der Waals surface area contributed by atoms with Crippen LogP contribution in [-0.4, -0.2) is 8.42 Å². The summed E-state index contributed by atoms with van der Waals surface area (Å²) in [6, 6.07) is 24.8. The van der Waals surface area contributed by atoms with Crippen molar-refractivity contribution in [3.8, 4) is 17.2 Å². The zero-order valence-corrected chi connectivity index (χ0v) is 13.5. The highest BCUT2D eigenvalue weighted by Crippen LogP contribution is 2.22. The molecule has 3 aromatic rings. The number of sulfonamides is 1. The van der Waals surface area contributed by atoms with Gasteiger partial charge in [-0.1, -0.05) is 48.5 Å². The minimum absolute atomic E-state index is 0.171. The molecule has 0 saturated heterocycles. The van der Waals surface area contributed by atoms with Crippen LogP contribution in [0, 0.1) is 11.3 Å². The summed E-state index contributed by atoms with van der Waals surface area (Å²) in [6.07, 6.45) is 0. The molecule has 0 saturated carbocycles. The van der Waals surface area contributed by atoms with Gasteiger partial charge in [-0.15, -0.1) is 0 Å². The highest BCUT2D eigenvalue weighted by Gasteiger charge is 2.14. The van der Waals surface area contributed by atoms with Crippen LogP contribution in [0.2, 0.25) is 0 Å². The number of rotatable bonds is 4. The fraction of sp³-hybridized carbons (Fsp3) is 0. The summed E-state index contributed by atoms with van der Waals surface area (Å²) in [4.78, 5) is 0.171. The lowest BCUT2D eigenvalue weighted by atomic mass is 10.1. The average Bonchev–Trinajstić information content (AvgIpc) is 2.62. The molecule has 0 unspecified atom stereocenters. The Morgan fingerprint density at radius 2 is 1.46 bits per heavy atom. The predicted octanol–water partition coefficient (Wildman–Crippen LogP) is 4.03. The molecule has 3 aromatic carbocycles. The van der Waals surface area contributed by atoms with E-state index in [1.807, 2.05) is 36.4 Å². The van der Waals surface area contributed by atoms with E-state index in [1.54, 1.807) is 42.5 Å². The fourth-order valence-electron chi connectivity index (χ4n) is 2.32. The molecule has 0 aromatic heterocycles. The zero-order valence-electron chi connectivity index (χ0n) is 12.7. The van der Waals surface area contributed by atoms with Crippen LogP contribution in [0.15, 0.2) is 83.8 Å². The Morgan fingerprint density at radius 1 is 0.792 bits per heavy atom. The van der Waals surface area contributed by atoms with Gasteiger partial charge in [0.2, 0.25) is 0 Å². The van der Waals surface area contributed by atoms with Gasteiger partial charge in [0.1, 0.15) is 0 Å². The second-order valence-corrected chi connectivity index (χ2v) is 6.87. The number of hydrogen-bond donors (Lipinski definition) is 1. The number of benzene rings is 3. The Balaban J connectivity index is 1.86. The Labute approximate surface area is 141 Å². The van der Waals surface area contributed by atoms with Crippen LogP contribution in [0.3, 0.4) is 0 Å². The molecule has 4 nitrogen and oxygen atoms in total. The third-order valence-electron chi connectivity index (χ3n) is 3.52. The van der Waals surface area contributed by atoms with E-state index < -0.39 is 10.0 Å². The molecule has 0 aliphatic heterocycles. The fourth-order valence-corrected chi connectivity index (χ4v) is 3.37. The molecule has 0 aliphatic rings. The number of nitrogens with one attached hydrogen (secondary N) is 1. The van der Waals surface area contributed by atoms with Crippen LogP contribution in [0.4, 0.5) is 5.69 Å². The molecular weight excluding hydrogens is 320 g/mol. The monoisotopic (exact) mass is 334 g/mol. The standard InChI is InChI=1S/C19H14N2O2S/c20-14-15-5-4-8-18(13-15)21-24(22,23)19-11-9-17(10-12-19)16-6-2-1-3-7-16/h1-13,21H. The van der Waals surface area contributed by atoms with Crippen LogP contribution in [0.5, 0.6) is 0 Å². The van der Waals surface area contributed by atoms with E-state index in [-0.39, 0.29) is 4.90 Å². The number of anilines is 1. The van der Waals surface area contributed by atoms with Crippen molar-refractivity contribution in [3.05, 3.63) is 84.4 Å². The van der Waals surface area contributed by atoms with Gasteiger partial charge in [0, 0.05) is 0 Å². The molecule has 24 heavy (non-hydrogen) atoms. The van der Waals surface area contributed by atoms with Crippen LogP contribution < -0.4 is 4.72 Å². The number of nitrogens with zero attached hydrogens (tertiary/aromatic N) is 1. The Hall–Kier alpha value is -3.10. The third-order valence-corrected chi connectivity index (χ3v) is 4.91. The molecule has 118 valence electrons. The molecule has 0 aliphatic carbocycles. The highest BCUT2D eigenvalue weighted by atomic mass is 32.2. The lowest BCUT2D eigenvalue weighted by molar-refractivity contribution is 0.601. The van der Waals surface area contributed by atoms with Gasteiger partial charge in [-0.3, -0.25) is 4.72 Å². The maximum atomic E-state index is 12.5. The van der Waals surface area contributed by atoms with Gasteiger partial charge in [-0.2, -0.15) is 5.26 Å². The Morgan fingerprint density at radius 3 is 2.12 bits per heavy atom. The largest absolute Gasteiger partial charge is 0.280 e. The molecule has 0 fully saturated rings. The van der Waals surface area contributed by atoms with Crippen LogP contribution in [-0.2, 0) is 10.0 Å². The lowest BCUT2D eigenvalue weighted by Gasteiger charge is -2.09. The van der Waals surface area contributed by atoms with Gasteiger partial charge >= 0.3 is 0 Å². The van der Waals surface area contributed by atoms with E-state index in [2.05, 4.69) is 4.72 Å². The summed E-state index contributed by atoms with van der Waals surface area (Å²) in [6.45, 7) is 0. The summed E-state index contributed by atoms with van der Waals surface area (Å²) in [5, 5.41) is 8.89. The topological polar surface area (TPSA) is 70.0 Å². The summed E-state index contributed by atoms with van der Waals surface area (Å²) >= 11 is 0. The highest BCUT2D eigenvalue weighted by molar-refractivity contribution is 7.92. The normalized spacial score (nSPS) is 10.8. The van der Waals surface area contributed by atoms with Gasteiger partial charge < -0.3 is 0 Å². The third kappa shape index (κ3) is 3.45. The molecule has 0 heterocycles. The van der Waals surface area contributed by atoms with E-state index in [1.165, 1.54) is 6.07 Å². The number of hydrogen-bond acceptors (Lipinski definition) is 3. The van der Waals surface area contributed by atoms with E-state index in [4.69, 9.17) is 5.26 Å². The molecule has 5 heteroatoms. The first kappa shape index (κ1) is 15.8. The first-order valence-corrected chi connectivity index (χ1v) is 8.75. The number of nitriles is 1. The average molecular weight is 334 g/mol. The summed E-state index contributed by atoms with van der Waals surface area (Å²) in [7, 11) is -3.70. The predicted molar refractivity (Wildman–Crippen MR) is 93.8 cm³/mol. The van der Waals surface area contributed by atoms with Crippen molar-refractivity contribution in [1.82, 2.24) is 0 Å². The quantitative estimate of drug-likeness (QED) is 0.783. The summed E-state index contributed by atoms with van der Waals surface area (Å²) < 4.78 is 27.4. The summed E-state index contributed by atoms with van der Waals surface area (Å²) in [5.74, 6) is 0. The molecule has 0 atom stereocenters. The molecule has 0 bridgehead atoms. The smallest absolute Gasteiger partial charge is 0.261 e. The van der Waals surface area contributed by atoms with Crippen molar-refractivity contribution in [3.63, 3.8) is 0 Å². The van der Waals surface area contributed by atoms with Gasteiger partial charge in [0.25, 0.3) is 10.0 Å². The zero-order chi connectivity index (χ0) is 17.0. The molecule has 3 rings (SSSR count). The van der Waals surface area contributed by atoms with Crippen molar-refractivity contribution >= 4 is 15.7 Å². The van der Waals surface area contributed by atoms with Crippen LogP contribution in [0.1, 0.15) is 5.56 Å². The molecule has 0 spiro atoms. The molecule has 0 radical (unpaired) electrons. The van der Waals surface area contributed by atoms with Crippen molar-refractivity contribution < 1.29 is 8.42 Å². The van der Waals surface area contributed by atoms with E-state index in [0.29, 0.717) is 11.3 Å². The molecule has 1 N–H and O–H groups in total. The maximum Gasteiger partial charge on any atom is 0.261 e. The summed E-state index contributed by atoms with van der Waals surface area (Å²) in [5.41, 5.74) is 2.73. The van der Waals surface area contributed by atoms with Crippen molar-refractivity contribution in [1.29, 1.82) is 5.26 Å².